The van der Waals surface area contributed by atoms with E-state index in [4.69, 9.17) is 13.9 Å². The third kappa shape index (κ3) is 5.89. The number of alkyl halides is 3. The van der Waals surface area contributed by atoms with E-state index in [1.807, 2.05) is 31.2 Å². The van der Waals surface area contributed by atoms with Crippen LogP contribution in [-0.4, -0.2) is 31.3 Å². The summed E-state index contributed by atoms with van der Waals surface area (Å²) < 4.78 is 57.3. The Labute approximate surface area is 211 Å². The van der Waals surface area contributed by atoms with Crippen LogP contribution in [0.2, 0.25) is 0 Å². The molecular formula is C28H26F3NO5. The van der Waals surface area contributed by atoms with E-state index in [2.05, 4.69) is 5.32 Å². The van der Waals surface area contributed by atoms with Gasteiger partial charge in [0.25, 0.3) is 0 Å². The van der Waals surface area contributed by atoms with Crippen LogP contribution in [0.4, 0.5) is 13.2 Å². The second-order valence-corrected chi connectivity index (χ2v) is 8.62. The standard InChI is InChI=1S/C28H26F3NO5/c1-16-24-14-19(7-8-25(24)37-26(16)27(33)34)20-11-21(28(29,30)31)15-23(13-20)36-10-9-32-17(2)18-5-4-6-22(12-18)35-3/h4-8,11-15,17,32H,9-10H2,1-3H3,(H,33,34)/t17-/m1/s1. The van der Waals surface area contributed by atoms with E-state index < -0.39 is 17.7 Å². The van der Waals surface area contributed by atoms with Crippen molar-refractivity contribution < 1.29 is 37.0 Å². The number of rotatable bonds is 9. The van der Waals surface area contributed by atoms with Gasteiger partial charge in [-0.2, -0.15) is 13.2 Å². The Hall–Kier alpha value is -3.98. The minimum Gasteiger partial charge on any atom is -0.497 e. The number of carbonyl (C=O) groups is 1. The van der Waals surface area contributed by atoms with E-state index in [0.29, 0.717) is 34.2 Å². The molecule has 1 heterocycles. The van der Waals surface area contributed by atoms with Crippen LogP contribution < -0.4 is 14.8 Å². The van der Waals surface area contributed by atoms with Crippen molar-refractivity contribution in [3.05, 3.63) is 83.1 Å². The summed E-state index contributed by atoms with van der Waals surface area (Å²) in [4.78, 5) is 11.4. The molecule has 9 heteroatoms. The highest BCUT2D eigenvalue weighted by Gasteiger charge is 2.31. The molecular weight excluding hydrogens is 487 g/mol. The highest BCUT2D eigenvalue weighted by atomic mass is 19.4. The van der Waals surface area contributed by atoms with Gasteiger partial charge in [-0.3, -0.25) is 0 Å². The van der Waals surface area contributed by atoms with Crippen molar-refractivity contribution in [2.24, 2.45) is 0 Å². The van der Waals surface area contributed by atoms with E-state index >= 15 is 0 Å². The minimum absolute atomic E-state index is 0.0172. The maximum absolute atomic E-state index is 13.7. The fourth-order valence-electron chi connectivity index (χ4n) is 4.09. The molecule has 0 fully saturated rings. The zero-order chi connectivity index (χ0) is 26.7. The lowest BCUT2D eigenvalue weighted by Gasteiger charge is -2.17. The van der Waals surface area contributed by atoms with E-state index in [9.17, 15) is 23.1 Å². The zero-order valence-corrected chi connectivity index (χ0v) is 20.5. The predicted molar refractivity (Wildman–Crippen MR) is 133 cm³/mol. The van der Waals surface area contributed by atoms with Gasteiger partial charge in [-0.15, -0.1) is 0 Å². The fraction of sp³-hybridized carbons (Fsp3) is 0.250. The fourth-order valence-corrected chi connectivity index (χ4v) is 4.09. The van der Waals surface area contributed by atoms with Crippen LogP contribution in [0, 0.1) is 6.92 Å². The highest BCUT2D eigenvalue weighted by molar-refractivity contribution is 5.96. The molecule has 2 N–H and O–H groups in total. The molecule has 0 saturated heterocycles. The van der Waals surface area contributed by atoms with Crippen LogP contribution in [0.15, 0.2) is 65.1 Å². The van der Waals surface area contributed by atoms with Gasteiger partial charge in [-0.05, 0) is 73.0 Å². The number of carboxylic acids is 1. The Morgan fingerprint density at radius 2 is 1.84 bits per heavy atom. The lowest BCUT2D eigenvalue weighted by molar-refractivity contribution is -0.137. The number of furan rings is 1. The Morgan fingerprint density at radius 1 is 1.05 bits per heavy atom. The van der Waals surface area contributed by atoms with Crippen LogP contribution >= 0.6 is 0 Å². The van der Waals surface area contributed by atoms with E-state index in [-0.39, 0.29) is 24.2 Å². The highest BCUT2D eigenvalue weighted by Crippen LogP contribution is 2.37. The molecule has 0 bridgehead atoms. The summed E-state index contributed by atoms with van der Waals surface area (Å²) in [7, 11) is 1.59. The van der Waals surface area contributed by atoms with Gasteiger partial charge in [0.05, 0.1) is 12.7 Å². The molecule has 0 amide bonds. The monoisotopic (exact) mass is 513 g/mol. The molecule has 194 valence electrons. The summed E-state index contributed by atoms with van der Waals surface area (Å²) in [6, 6.07) is 15.9. The molecule has 0 unspecified atom stereocenters. The molecule has 0 aliphatic heterocycles. The molecule has 0 saturated carbocycles. The quantitative estimate of drug-likeness (QED) is 0.238. The largest absolute Gasteiger partial charge is 0.497 e. The predicted octanol–water partition coefficient (Wildman–Crippen LogP) is 6.86. The van der Waals surface area contributed by atoms with Crippen molar-refractivity contribution >= 4 is 16.9 Å². The van der Waals surface area contributed by atoms with Gasteiger partial charge in [-0.1, -0.05) is 18.2 Å². The number of halogens is 3. The van der Waals surface area contributed by atoms with Gasteiger partial charge in [0, 0.05) is 23.5 Å². The van der Waals surface area contributed by atoms with Crippen LogP contribution in [0.3, 0.4) is 0 Å². The average molecular weight is 514 g/mol. The SMILES string of the molecule is COc1cccc([C@@H](C)NCCOc2cc(-c3ccc4oc(C(=O)O)c(C)c4c3)cc(C(F)(F)F)c2)c1. The van der Waals surface area contributed by atoms with Gasteiger partial charge < -0.3 is 24.3 Å². The number of fused-ring (bicyclic) bond motifs is 1. The first-order valence-corrected chi connectivity index (χ1v) is 11.6. The third-order valence-electron chi connectivity index (χ3n) is 6.11. The second-order valence-electron chi connectivity index (χ2n) is 8.62. The number of carboxylic acid groups (broad SMARTS) is 1. The maximum Gasteiger partial charge on any atom is 0.416 e. The topological polar surface area (TPSA) is 80.9 Å². The maximum atomic E-state index is 13.7. The van der Waals surface area contributed by atoms with Gasteiger partial charge in [0.1, 0.15) is 23.7 Å². The number of aryl methyl sites for hydroxylation is 1. The van der Waals surface area contributed by atoms with Crippen molar-refractivity contribution in [3.63, 3.8) is 0 Å². The van der Waals surface area contributed by atoms with E-state index in [1.165, 1.54) is 6.07 Å². The summed E-state index contributed by atoms with van der Waals surface area (Å²) in [6.07, 6.45) is -4.57. The van der Waals surface area contributed by atoms with Crippen molar-refractivity contribution in [1.82, 2.24) is 5.32 Å². The zero-order valence-electron chi connectivity index (χ0n) is 20.5. The second kappa shape index (κ2) is 10.6. The number of nitrogens with one attached hydrogen (secondary N) is 1. The minimum atomic E-state index is -4.57. The number of ether oxygens (including phenoxy) is 2. The molecule has 37 heavy (non-hydrogen) atoms. The first-order chi connectivity index (χ1) is 17.6. The molecule has 4 rings (SSSR count). The van der Waals surface area contributed by atoms with Gasteiger partial charge >= 0.3 is 12.1 Å². The number of methoxy groups -OCH3 is 1. The lowest BCUT2D eigenvalue weighted by atomic mass is 10.00. The van der Waals surface area contributed by atoms with Crippen molar-refractivity contribution in [2.75, 3.05) is 20.3 Å². The normalized spacial score (nSPS) is 12.5. The summed E-state index contributed by atoms with van der Waals surface area (Å²) in [5, 5.41) is 13.1. The third-order valence-corrected chi connectivity index (χ3v) is 6.11. The molecule has 0 aliphatic rings. The van der Waals surface area contributed by atoms with Crippen LogP contribution in [0.5, 0.6) is 11.5 Å². The number of benzene rings is 3. The molecule has 0 radical (unpaired) electrons. The van der Waals surface area contributed by atoms with E-state index in [0.717, 1.165) is 23.4 Å². The van der Waals surface area contributed by atoms with Gasteiger partial charge in [0.15, 0.2) is 0 Å². The molecule has 1 atom stereocenters. The Bertz CT molecular complexity index is 1430. The Balaban J connectivity index is 1.53. The van der Waals surface area contributed by atoms with Gasteiger partial charge in [0.2, 0.25) is 5.76 Å². The molecule has 0 aliphatic carbocycles. The number of hydrogen-bond donors (Lipinski definition) is 2. The molecule has 3 aromatic carbocycles. The summed E-state index contributed by atoms with van der Waals surface area (Å²) in [5.41, 5.74) is 1.70. The first-order valence-electron chi connectivity index (χ1n) is 11.6. The van der Waals surface area contributed by atoms with Crippen LogP contribution in [0.25, 0.3) is 22.1 Å². The first kappa shape index (κ1) is 26.1. The summed E-state index contributed by atoms with van der Waals surface area (Å²) in [5.74, 6) is -0.590. The van der Waals surface area contributed by atoms with Crippen molar-refractivity contribution in [2.45, 2.75) is 26.1 Å². The molecule has 0 spiro atoms. The van der Waals surface area contributed by atoms with Crippen molar-refractivity contribution in [1.29, 1.82) is 0 Å². The molecule has 1 aromatic heterocycles. The van der Waals surface area contributed by atoms with E-state index in [1.54, 1.807) is 32.2 Å². The van der Waals surface area contributed by atoms with Gasteiger partial charge in [-0.25, -0.2) is 4.79 Å². The van der Waals surface area contributed by atoms with Crippen molar-refractivity contribution in [3.8, 4) is 22.6 Å². The Kier molecular flexibility index (Phi) is 7.45. The van der Waals surface area contributed by atoms with Crippen LogP contribution in [-0.2, 0) is 6.18 Å². The molecule has 4 aromatic rings. The number of aromatic carboxylic acids is 1. The summed E-state index contributed by atoms with van der Waals surface area (Å²) in [6.45, 7) is 4.12. The number of hydrogen-bond acceptors (Lipinski definition) is 5. The lowest BCUT2D eigenvalue weighted by Crippen LogP contribution is -2.24. The smallest absolute Gasteiger partial charge is 0.416 e. The molecule has 6 nitrogen and oxygen atoms in total. The average Bonchev–Trinajstić information content (AvgIpc) is 3.22. The Morgan fingerprint density at radius 3 is 2.54 bits per heavy atom. The summed E-state index contributed by atoms with van der Waals surface area (Å²) >= 11 is 0. The van der Waals surface area contributed by atoms with Crippen LogP contribution in [0.1, 0.15) is 40.2 Å².